The van der Waals surface area contributed by atoms with Crippen LogP contribution in [0.2, 0.25) is 0 Å². The van der Waals surface area contributed by atoms with Crippen molar-refractivity contribution in [1.29, 1.82) is 0 Å². The fourth-order valence-corrected chi connectivity index (χ4v) is 4.55. The molecular weight excluding hydrogens is 410 g/mol. The second kappa shape index (κ2) is 9.92. The highest BCUT2D eigenvalue weighted by Crippen LogP contribution is 2.27. The number of carbonyl (C=O) groups is 4. The first-order valence-electron chi connectivity index (χ1n) is 9.62. The van der Waals surface area contributed by atoms with Gasteiger partial charge < -0.3 is 21.5 Å². The zero-order valence-electron chi connectivity index (χ0n) is 16.2. The van der Waals surface area contributed by atoms with Crippen LogP contribution in [0.3, 0.4) is 0 Å². The van der Waals surface area contributed by atoms with Crippen LogP contribution in [0.1, 0.15) is 18.4 Å². The molecular formula is C19H25N5O5S. The maximum Gasteiger partial charge on any atom is 0.315 e. The molecule has 1 aromatic carbocycles. The summed E-state index contributed by atoms with van der Waals surface area (Å²) in [7, 11) is 0. The summed E-state index contributed by atoms with van der Waals surface area (Å²) < 4.78 is 0. The predicted molar refractivity (Wildman–Crippen MR) is 110 cm³/mol. The van der Waals surface area contributed by atoms with Gasteiger partial charge in [0.25, 0.3) is 0 Å². The average molecular weight is 436 g/mol. The van der Waals surface area contributed by atoms with Crippen molar-refractivity contribution in [3.63, 3.8) is 0 Å². The van der Waals surface area contributed by atoms with Crippen molar-refractivity contribution in [2.24, 2.45) is 5.73 Å². The van der Waals surface area contributed by atoms with E-state index in [-0.39, 0.29) is 30.5 Å². The minimum Gasteiger partial charge on any atom is -0.376 e. The molecule has 11 heteroatoms. The van der Waals surface area contributed by atoms with E-state index in [0.717, 1.165) is 17.3 Å². The van der Waals surface area contributed by atoms with Gasteiger partial charge in [-0.2, -0.15) is 0 Å². The van der Waals surface area contributed by atoms with E-state index >= 15 is 0 Å². The summed E-state index contributed by atoms with van der Waals surface area (Å²) in [5.41, 5.74) is 6.29. The third-order valence-corrected chi connectivity index (χ3v) is 6.30. The van der Waals surface area contributed by atoms with Crippen LogP contribution in [-0.4, -0.2) is 69.6 Å². The van der Waals surface area contributed by atoms with E-state index in [4.69, 9.17) is 5.73 Å². The molecule has 1 aromatic rings. The van der Waals surface area contributed by atoms with Gasteiger partial charge in [0, 0.05) is 18.7 Å². The van der Waals surface area contributed by atoms with Gasteiger partial charge in [-0.1, -0.05) is 30.3 Å². The molecule has 2 heterocycles. The number of nitrogens with zero attached hydrogens (tertiary/aromatic N) is 1. The van der Waals surface area contributed by atoms with Crippen LogP contribution in [0.5, 0.6) is 0 Å². The molecule has 5 amide bonds. The third-order valence-electron chi connectivity index (χ3n) is 5.00. The fraction of sp³-hybridized carbons (Fsp3) is 0.474. The Morgan fingerprint density at radius 1 is 1.30 bits per heavy atom. The maximum atomic E-state index is 12.7. The number of imide groups is 1. The lowest BCUT2D eigenvalue weighted by molar-refractivity contribution is -0.139. The Kier molecular flexibility index (Phi) is 7.29. The number of aliphatic hydroxyl groups excluding tert-OH is 1. The van der Waals surface area contributed by atoms with E-state index in [1.165, 1.54) is 4.90 Å². The predicted octanol–water partition coefficient (Wildman–Crippen LogP) is -1.12. The van der Waals surface area contributed by atoms with Crippen LogP contribution >= 0.6 is 11.8 Å². The van der Waals surface area contributed by atoms with Gasteiger partial charge in [0.1, 0.15) is 6.23 Å². The quantitative estimate of drug-likeness (QED) is 0.243. The van der Waals surface area contributed by atoms with E-state index in [2.05, 4.69) is 16.0 Å². The third kappa shape index (κ3) is 5.49. The second-order valence-electron chi connectivity index (χ2n) is 7.19. The zero-order valence-corrected chi connectivity index (χ0v) is 17.1. The SMILES string of the molecule is NC(=O)C(CSC1CC(=O)N(Cc2ccccc2)C1=O)NC(O)[C@@H]1CCNC(=O)N1. The number of carbonyl (C=O) groups excluding carboxylic acids is 4. The Balaban J connectivity index is 1.54. The summed E-state index contributed by atoms with van der Waals surface area (Å²) in [6.45, 7) is 0.613. The number of hydrogen-bond donors (Lipinski definition) is 5. The number of nitrogens with two attached hydrogens (primary N) is 1. The molecule has 0 bridgehead atoms. The largest absolute Gasteiger partial charge is 0.376 e. The first kappa shape index (κ1) is 22.1. The van der Waals surface area contributed by atoms with Crippen molar-refractivity contribution >= 4 is 35.5 Å². The first-order valence-corrected chi connectivity index (χ1v) is 10.7. The standard InChI is InChI=1S/C19H25N5O5S/c20-16(26)13(22-17(27)12-6-7-21-19(29)23-12)10-30-14-8-15(25)24(18(14)28)9-11-4-2-1-3-5-11/h1-5,12-14,17,22,27H,6-10H2,(H2,20,26)(H2,21,23,29)/t12-,13?,14?,17?/m0/s1. The number of hydrogen-bond acceptors (Lipinski definition) is 7. The molecule has 0 radical (unpaired) electrons. The van der Waals surface area contributed by atoms with Crippen LogP contribution in [-0.2, 0) is 20.9 Å². The number of thioether (sulfide) groups is 1. The molecule has 0 aliphatic carbocycles. The molecule has 4 atom stereocenters. The van der Waals surface area contributed by atoms with Crippen LogP contribution in [0, 0.1) is 0 Å². The van der Waals surface area contributed by atoms with E-state index in [1.54, 1.807) is 0 Å². The van der Waals surface area contributed by atoms with Gasteiger partial charge in [-0.3, -0.25) is 24.6 Å². The van der Waals surface area contributed by atoms with Crippen molar-refractivity contribution < 1.29 is 24.3 Å². The summed E-state index contributed by atoms with van der Waals surface area (Å²) in [4.78, 5) is 49.4. The summed E-state index contributed by atoms with van der Waals surface area (Å²) in [5.74, 6) is -1.15. The Bertz CT molecular complexity index is 808. The minimum atomic E-state index is -1.18. The molecule has 2 aliphatic heterocycles. The van der Waals surface area contributed by atoms with Gasteiger partial charge in [0.15, 0.2) is 0 Å². The highest BCUT2D eigenvalue weighted by Gasteiger charge is 2.39. The number of rotatable bonds is 9. The second-order valence-corrected chi connectivity index (χ2v) is 8.43. The summed E-state index contributed by atoms with van der Waals surface area (Å²) in [6.07, 6.45) is -0.651. The van der Waals surface area contributed by atoms with Crippen molar-refractivity contribution in [2.75, 3.05) is 12.3 Å². The van der Waals surface area contributed by atoms with Crippen molar-refractivity contribution in [2.45, 2.75) is 42.9 Å². The van der Waals surface area contributed by atoms with Gasteiger partial charge in [-0.15, -0.1) is 11.8 Å². The van der Waals surface area contributed by atoms with Gasteiger partial charge in [-0.25, -0.2) is 4.79 Å². The van der Waals surface area contributed by atoms with E-state index in [1.807, 2.05) is 30.3 Å². The monoisotopic (exact) mass is 435 g/mol. The molecule has 3 rings (SSSR count). The summed E-state index contributed by atoms with van der Waals surface area (Å²) in [6, 6.07) is 7.33. The molecule has 0 spiro atoms. The Morgan fingerprint density at radius 3 is 2.70 bits per heavy atom. The Morgan fingerprint density at radius 2 is 2.03 bits per heavy atom. The number of likely N-dealkylation sites (tertiary alicyclic amines) is 1. The van der Waals surface area contributed by atoms with Crippen molar-refractivity contribution in [1.82, 2.24) is 20.9 Å². The van der Waals surface area contributed by atoms with Gasteiger partial charge in [0.2, 0.25) is 17.7 Å². The highest BCUT2D eigenvalue weighted by molar-refractivity contribution is 8.00. The lowest BCUT2D eigenvalue weighted by Crippen LogP contribution is -2.60. The Labute approximate surface area is 177 Å². The van der Waals surface area contributed by atoms with Gasteiger partial charge >= 0.3 is 6.03 Å². The maximum absolute atomic E-state index is 12.7. The number of amides is 5. The molecule has 10 nitrogen and oxygen atoms in total. The lowest BCUT2D eigenvalue weighted by Gasteiger charge is -2.30. The van der Waals surface area contributed by atoms with E-state index in [9.17, 15) is 24.3 Å². The molecule has 2 aliphatic rings. The number of primary amides is 1. The van der Waals surface area contributed by atoms with Crippen LogP contribution in [0.15, 0.2) is 30.3 Å². The summed E-state index contributed by atoms with van der Waals surface area (Å²) in [5, 5.41) is 17.6. The molecule has 2 saturated heterocycles. The molecule has 30 heavy (non-hydrogen) atoms. The van der Waals surface area contributed by atoms with Crippen LogP contribution in [0.25, 0.3) is 0 Å². The van der Waals surface area contributed by atoms with E-state index in [0.29, 0.717) is 13.0 Å². The molecule has 6 N–H and O–H groups in total. The average Bonchev–Trinajstić information content (AvgIpc) is 2.99. The topological polar surface area (TPSA) is 154 Å². The van der Waals surface area contributed by atoms with Crippen LogP contribution < -0.4 is 21.7 Å². The fourth-order valence-electron chi connectivity index (χ4n) is 3.33. The number of urea groups is 1. The Hall–Kier alpha value is -2.63. The molecule has 0 saturated carbocycles. The number of benzene rings is 1. The van der Waals surface area contributed by atoms with Gasteiger partial charge in [0.05, 0.1) is 23.9 Å². The van der Waals surface area contributed by atoms with Crippen molar-refractivity contribution in [3.05, 3.63) is 35.9 Å². The minimum absolute atomic E-state index is 0.0503. The van der Waals surface area contributed by atoms with Gasteiger partial charge in [-0.05, 0) is 12.0 Å². The van der Waals surface area contributed by atoms with Crippen molar-refractivity contribution in [3.8, 4) is 0 Å². The molecule has 2 fully saturated rings. The van der Waals surface area contributed by atoms with Crippen LogP contribution in [0.4, 0.5) is 4.79 Å². The number of nitrogens with one attached hydrogen (secondary N) is 3. The normalized spacial score (nSPS) is 23.6. The number of aliphatic hydroxyl groups is 1. The molecule has 3 unspecified atom stereocenters. The first-order chi connectivity index (χ1) is 14.3. The van der Waals surface area contributed by atoms with E-state index < -0.39 is 35.5 Å². The molecule has 0 aromatic heterocycles. The smallest absolute Gasteiger partial charge is 0.315 e. The highest BCUT2D eigenvalue weighted by atomic mass is 32.2. The molecule has 162 valence electrons. The lowest BCUT2D eigenvalue weighted by atomic mass is 10.1. The zero-order chi connectivity index (χ0) is 21.7. The summed E-state index contributed by atoms with van der Waals surface area (Å²) >= 11 is 1.15.